The minimum absolute atomic E-state index is 0.205. The van der Waals surface area contributed by atoms with Crippen molar-refractivity contribution >= 4 is 23.5 Å². The fourth-order valence-corrected chi connectivity index (χ4v) is 4.77. The van der Waals surface area contributed by atoms with Gasteiger partial charge in [-0.1, -0.05) is 0 Å². The van der Waals surface area contributed by atoms with Crippen molar-refractivity contribution in [2.75, 3.05) is 42.6 Å². The van der Waals surface area contributed by atoms with Crippen LogP contribution in [0.4, 0.5) is 5.82 Å². The zero-order valence-electron chi connectivity index (χ0n) is 13.5. The summed E-state index contributed by atoms with van der Waals surface area (Å²) < 4.78 is 0. The van der Waals surface area contributed by atoms with Crippen LogP contribution in [0.2, 0.25) is 0 Å². The Bertz CT molecular complexity index is 580. The zero-order valence-corrected chi connectivity index (χ0v) is 14.4. The molecule has 0 radical (unpaired) electrons. The lowest BCUT2D eigenvalue weighted by atomic mass is 9.95. The fourth-order valence-electron chi connectivity index (χ4n) is 3.87. The summed E-state index contributed by atoms with van der Waals surface area (Å²) in [5.74, 6) is 3.78. The monoisotopic (exact) mass is 332 g/mol. The van der Waals surface area contributed by atoms with Crippen molar-refractivity contribution in [1.29, 1.82) is 0 Å². The van der Waals surface area contributed by atoms with Crippen molar-refractivity contribution < 1.29 is 4.79 Å². The molecule has 0 aromatic carbocycles. The average molecular weight is 332 g/mol. The third kappa shape index (κ3) is 3.18. The van der Waals surface area contributed by atoms with Crippen LogP contribution in [0.15, 0.2) is 6.07 Å². The van der Waals surface area contributed by atoms with E-state index in [0.29, 0.717) is 5.91 Å². The van der Waals surface area contributed by atoms with Gasteiger partial charge in [-0.25, -0.2) is 0 Å². The number of nitrogens with zero attached hydrogens (tertiary/aromatic N) is 4. The van der Waals surface area contributed by atoms with Gasteiger partial charge in [0.05, 0.1) is 5.69 Å². The molecule has 4 rings (SSSR count). The van der Waals surface area contributed by atoms with Gasteiger partial charge in [-0.05, 0) is 43.7 Å². The number of hydrogen-bond acceptors (Lipinski definition) is 5. The van der Waals surface area contributed by atoms with Crippen molar-refractivity contribution in [2.24, 2.45) is 5.92 Å². The molecule has 23 heavy (non-hydrogen) atoms. The van der Waals surface area contributed by atoms with Crippen LogP contribution < -0.4 is 4.90 Å². The van der Waals surface area contributed by atoms with Crippen molar-refractivity contribution in [3.63, 3.8) is 0 Å². The summed E-state index contributed by atoms with van der Waals surface area (Å²) in [7, 11) is 0. The Balaban J connectivity index is 1.36. The predicted octanol–water partition coefficient (Wildman–Crippen LogP) is 1.76. The lowest BCUT2D eigenvalue weighted by Crippen LogP contribution is -2.45. The highest BCUT2D eigenvalue weighted by atomic mass is 32.2. The van der Waals surface area contributed by atoms with E-state index in [2.05, 4.69) is 26.1 Å². The molecule has 2 aliphatic heterocycles. The molecule has 1 aromatic heterocycles. The van der Waals surface area contributed by atoms with Gasteiger partial charge in [0.2, 0.25) is 5.91 Å². The van der Waals surface area contributed by atoms with Crippen LogP contribution >= 0.6 is 11.8 Å². The normalized spacial score (nSPS) is 22.3. The smallest absolute Gasteiger partial charge is 0.225 e. The van der Waals surface area contributed by atoms with E-state index in [0.717, 1.165) is 69.2 Å². The van der Waals surface area contributed by atoms with E-state index in [1.165, 1.54) is 17.7 Å². The standard InChI is InChI=1S/C17H24N4OS/c22-17(21-8-10-23-11-9-21)13-4-6-20(7-5-13)16-12-14-2-1-3-15(14)18-19-16/h12-13H,1-11H2. The van der Waals surface area contributed by atoms with Crippen LogP contribution in [0.3, 0.4) is 0 Å². The third-order valence-electron chi connectivity index (χ3n) is 5.30. The first kappa shape index (κ1) is 15.2. The molecule has 1 aromatic rings. The van der Waals surface area contributed by atoms with Crippen molar-refractivity contribution in [2.45, 2.75) is 32.1 Å². The van der Waals surface area contributed by atoms with E-state index in [1.54, 1.807) is 0 Å². The molecular formula is C17H24N4OS. The van der Waals surface area contributed by atoms with Gasteiger partial charge in [-0.2, -0.15) is 16.9 Å². The molecule has 3 heterocycles. The number of aromatic nitrogens is 2. The third-order valence-corrected chi connectivity index (χ3v) is 6.24. The Morgan fingerprint density at radius 1 is 1.09 bits per heavy atom. The molecule has 124 valence electrons. The molecule has 2 saturated heterocycles. The highest BCUT2D eigenvalue weighted by molar-refractivity contribution is 7.99. The van der Waals surface area contributed by atoms with Crippen LogP contribution in [0.25, 0.3) is 0 Å². The molecule has 6 heteroatoms. The number of anilines is 1. The number of amides is 1. The SMILES string of the molecule is O=C(C1CCN(c2cc3c(nn2)CCC3)CC1)N1CCSCC1. The summed E-state index contributed by atoms with van der Waals surface area (Å²) in [6.45, 7) is 3.71. The molecule has 3 aliphatic rings. The second kappa shape index (κ2) is 6.67. The van der Waals surface area contributed by atoms with Gasteiger partial charge < -0.3 is 9.80 Å². The van der Waals surface area contributed by atoms with E-state index in [9.17, 15) is 4.79 Å². The minimum Gasteiger partial charge on any atom is -0.355 e. The van der Waals surface area contributed by atoms with Crippen LogP contribution in [0.1, 0.15) is 30.5 Å². The Morgan fingerprint density at radius 3 is 2.65 bits per heavy atom. The van der Waals surface area contributed by atoms with Gasteiger partial charge in [0.15, 0.2) is 5.82 Å². The van der Waals surface area contributed by atoms with Crippen LogP contribution in [0.5, 0.6) is 0 Å². The number of rotatable bonds is 2. The average Bonchev–Trinajstić information content (AvgIpc) is 3.10. The largest absolute Gasteiger partial charge is 0.355 e. The van der Waals surface area contributed by atoms with E-state index in [1.807, 2.05) is 11.8 Å². The number of piperidine rings is 1. The molecule has 0 unspecified atom stereocenters. The Hall–Kier alpha value is -1.30. The zero-order chi connectivity index (χ0) is 15.6. The summed E-state index contributed by atoms with van der Waals surface area (Å²) >= 11 is 1.95. The lowest BCUT2D eigenvalue weighted by molar-refractivity contribution is -0.135. The number of thioether (sulfide) groups is 1. The van der Waals surface area contributed by atoms with Crippen molar-refractivity contribution in [3.8, 4) is 0 Å². The van der Waals surface area contributed by atoms with Crippen LogP contribution in [0, 0.1) is 5.92 Å². The highest BCUT2D eigenvalue weighted by Gasteiger charge is 2.30. The molecule has 0 atom stereocenters. The van der Waals surface area contributed by atoms with Gasteiger partial charge in [0.25, 0.3) is 0 Å². The van der Waals surface area contributed by atoms with Gasteiger partial charge >= 0.3 is 0 Å². The number of aryl methyl sites for hydroxylation is 2. The van der Waals surface area contributed by atoms with Crippen molar-refractivity contribution in [3.05, 3.63) is 17.3 Å². The second-order valence-electron chi connectivity index (χ2n) is 6.73. The van der Waals surface area contributed by atoms with E-state index >= 15 is 0 Å². The molecule has 0 saturated carbocycles. The highest BCUT2D eigenvalue weighted by Crippen LogP contribution is 2.27. The van der Waals surface area contributed by atoms with Crippen molar-refractivity contribution in [1.82, 2.24) is 15.1 Å². The fraction of sp³-hybridized carbons (Fsp3) is 0.706. The quantitative estimate of drug-likeness (QED) is 0.826. The minimum atomic E-state index is 0.205. The maximum atomic E-state index is 12.6. The first-order valence-electron chi connectivity index (χ1n) is 8.78. The molecule has 2 fully saturated rings. The summed E-state index contributed by atoms with van der Waals surface area (Å²) in [6, 6.07) is 2.22. The Kier molecular flexibility index (Phi) is 4.42. The van der Waals surface area contributed by atoms with Gasteiger partial charge in [-0.3, -0.25) is 4.79 Å². The molecular weight excluding hydrogens is 308 g/mol. The first-order chi connectivity index (χ1) is 11.3. The van der Waals surface area contributed by atoms with E-state index in [4.69, 9.17) is 0 Å². The number of hydrogen-bond donors (Lipinski definition) is 0. The summed E-state index contributed by atoms with van der Waals surface area (Å²) in [5.41, 5.74) is 2.56. The topological polar surface area (TPSA) is 49.3 Å². The lowest BCUT2D eigenvalue weighted by Gasteiger charge is -2.35. The summed E-state index contributed by atoms with van der Waals surface area (Å²) in [4.78, 5) is 17.0. The number of carbonyl (C=O) groups excluding carboxylic acids is 1. The van der Waals surface area contributed by atoms with Gasteiger partial charge in [0.1, 0.15) is 0 Å². The second-order valence-corrected chi connectivity index (χ2v) is 7.95. The Labute approximate surface area is 141 Å². The van der Waals surface area contributed by atoms with Gasteiger partial charge in [-0.15, -0.1) is 5.10 Å². The van der Waals surface area contributed by atoms with E-state index < -0.39 is 0 Å². The number of carbonyl (C=O) groups is 1. The van der Waals surface area contributed by atoms with Crippen LogP contribution in [-0.2, 0) is 17.6 Å². The summed E-state index contributed by atoms with van der Waals surface area (Å²) in [5, 5.41) is 8.80. The molecule has 0 spiro atoms. The molecule has 0 N–H and O–H groups in total. The molecule has 1 amide bonds. The molecule has 5 nitrogen and oxygen atoms in total. The first-order valence-corrected chi connectivity index (χ1v) is 9.94. The predicted molar refractivity (Wildman–Crippen MR) is 92.9 cm³/mol. The Morgan fingerprint density at radius 2 is 1.87 bits per heavy atom. The molecule has 0 bridgehead atoms. The molecule has 1 aliphatic carbocycles. The van der Waals surface area contributed by atoms with Gasteiger partial charge in [0, 0.05) is 43.6 Å². The maximum absolute atomic E-state index is 12.6. The number of fused-ring (bicyclic) bond motifs is 1. The van der Waals surface area contributed by atoms with E-state index in [-0.39, 0.29) is 5.92 Å². The summed E-state index contributed by atoms with van der Waals surface area (Å²) in [6.07, 6.45) is 5.31. The van der Waals surface area contributed by atoms with Crippen LogP contribution in [-0.4, -0.2) is 58.7 Å². The maximum Gasteiger partial charge on any atom is 0.225 e.